The van der Waals surface area contributed by atoms with Crippen molar-refractivity contribution in [3.63, 3.8) is 0 Å². The number of unbranched alkanes of at least 4 members (excludes halogenated alkanes) is 13. The largest absolute Gasteiger partial charge is 0.468 e. The van der Waals surface area contributed by atoms with E-state index < -0.39 is 12.1 Å². The fraction of sp³-hybridized carbons (Fsp3) is 0.857. The van der Waals surface area contributed by atoms with E-state index in [0.29, 0.717) is 19.3 Å². The van der Waals surface area contributed by atoms with E-state index in [1.54, 1.807) is 0 Å². The molecule has 0 saturated carbocycles. The first-order chi connectivity index (χ1) is 19.7. The van der Waals surface area contributed by atoms with Crippen molar-refractivity contribution < 1.29 is 23.9 Å². The molecule has 6 nitrogen and oxygen atoms in total. The number of nitrogens with one attached hydrogen (secondary N) is 1. The molecule has 0 saturated heterocycles. The van der Waals surface area contributed by atoms with Gasteiger partial charge in [0.25, 0.3) is 0 Å². The van der Waals surface area contributed by atoms with Gasteiger partial charge in [0.05, 0.1) is 13.5 Å². The van der Waals surface area contributed by atoms with Gasteiger partial charge in [-0.25, -0.2) is 0 Å². The van der Waals surface area contributed by atoms with Crippen molar-refractivity contribution in [1.29, 1.82) is 0 Å². The SMILES string of the molecule is COC(=O)CNC(=O)CC(CCCCCCCCCCCC(C)C)OC(=O)CCC=CCCCCCCCC(C)C. The van der Waals surface area contributed by atoms with E-state index in [9.17, 15) is 14.4 Å². The second-order valence-corrected chi connectivity index (χ2v) is 12.6. The minimum absolute atomic E-state index is 0.0755. The Hall–Kier alpha value is -1.85. The Kier molecular flexibility index (Phi) is 27.0. The van der Waals surface area contributed by atoms with Crippen LogP contribution in [0.4, 0.5) is 0 Å². The molecule has 240 valence electrons. The van der Waals surface area contributed by atoms with Crippen LogP contribution in [0.5, 0.6) is 0 Å². The highest BCUT2D eigenvalue weighted by atomic mass is 16.5. The fourth-order valence-corrected chi connectivity index (χ4v) is 4.91. The summed E-state index contributed by atoms with van der Waals surface area (Å²) in [7, 11) is 1.29. The average Bonchev–Trinajstić information content (AvgIpc) is 2.92. The number of methoxy groups -OCH3 is 1. The molecule has 1 amide bonds. The van der Waals surface area contributed by atoms with Crippen LogP contribution in [0.1, 0.15) is 163 Å². The number of ether oxygens (including phenoxy) is 2. The van der Waals surface area contributed by atoms with Crippen molar-refractivity contribution in [1.82, 2.24) is 5.32 Å². The summed E-state index contributed by atoms with van der Waals surface area (Å²) in [6, 6.07) is 0. The Labute approximate surface area is 253 Å². The van der Waals surface area contributed by atoms with Gasteiger partial charge >= 0.3 is 11.9 Å². The molecule has 6 heteroatoms. The van der Waals surface area contributed by atoms with Gasteiger partial charge in [0.15, 0.2) is 0 Å². The minimum Gasteiger partial charge on any atom is -0.468 e. The zero-order chi connectivity index (χ0) is 30.6. The van der Waals surface area contributed by atoms with Gasteiger partial charge in [0.2, 0.25) is 5.91 Å². The van der Waals surface area contributed by atoms with Gasteiger partial charge in [0.1, 0.15) is 12.6 Å². The Morgan fingerprint density at radius 1 is 0.610 bits per heavy atom. The molecular formula is C35H65NO5. The Balaban J connectivity index is 4.22. The van der Waals surface area contributed by atoms with Crippen LogP contribution in [0.2, 0.25) is 0 Å². The fourth-order valence-electron chi connectivity index (χ4n) is 4.91. The molecule has 0 aromatic heterocycles. The number of rotatable bonds is 28. The lowest BCUT2D eigenvalue weighted by Gasteiger charge is -2.17. The third-order valence-corrected chi connectivity index (χ3v) is 7.51. The van der Waals surface area contributed by atoms with Crippen molar-refractivity contribution >= 4 is 17.8 Å². The molecule has 1 unspecified atom stereocenters. The molecule has 0 aliphatic heterocycles. The molecule has 0 aliphatic rings. The lowest BCUT2D eigenvalue weighted by atomic mass is 10.0. The summed E-state index contributed by atoms with van der Waals surface area (Å²) < 4.78 is 10.3. The Bertz CT molecular complexity index is 673. The predicted octanol–water partition coefficient (Wildman–Crippen LogP) is 9.25. The van der Waals surface area contributed by atoms with Crippen LogP contribution in [0.25, 0.3) is 0 Å². The van der Waals surface area contributed by atoms with E-state index in [0.717, 1.165) is 31.1 Å². The summed E-state index contributed by atoms with van der Waals surface area (Å²) in [4.78, 5) is 36.2. The second kappa shape index (κ2) is 28.3. The molecule has 0 fully saturated rings. The maximum absolute atomic E-state index is 12.5. The molecule has 0 aromatic carbocycles. The van der Waals surface area contributed by atoms with Crippen molar-refractivity contribution in [2.24, 2.45) is 11.8 Å². The Morgan fingerprint density at radius 2 is 1.07 bits per heavy atom. The van der Waals surface area contributed by atoms with Crippen LogP contribution in [-0.2, 0) is 23.9 Å². The minimum atomic E-state index is -0.496. The maximum atomic E-state index is 12.5. The van der Waals surface area contributed by atoms with Crippen molar-refractivity contribution in [3.05, 3.63) is 12.2 Å². The van der Waals surface area contributed by atoms with E-state index in [1.807, 2.05) is 0 Å². The highest BCUT2D eigenvalue weighted by Crippen LogP contribution is 2.16. The molecular weight excluding hydrogens is 514 g/mol. The van der Waals surface area contributed by atoms with Crippen LogP contribution in [0.15, 0.2) is 12.2 Å². The summed E-state index contributed by atoms with van der Waals surface area (Å²) in [6.07, 6.45) is 26.7. The van der Waals surface area contributed by atoms with Gasteiger partial charge in [-0.1, -0.05) is 130 Å². The smallest absolute Gasteiger partial charge is 0.325 e. The van der Waals surface area contributed by atoms with E-state index >= 15 is 0 Å². The molecule has 0 aromatic rings. The number of esters is 2. The molecule has 0 rings (SSSR count). The van der Waals surface area contributed by atoms with Crippen LogP contribution in [0, 0.1) is 11.8 Å². The molecule has 0 bridgehead atoms. The number of hydrogen-bond acceptors (Lipinski definition) is 5. The van der Waals surface area contributed by atoms with Gasteiger partial charge in [-0.15, -0.1) is 0 Å². The second-order valence-electron chi connectivity index (χ2n) is 12.6. The molecule has 1 atom stereocenters. The average molecular weight is 580 g/mol. The lowest BCUT2D eigenvalue weighted by molar-refractivity contribution is -0.151. The van der Waals surface area contributed by atoms with E-state index in [-0.39, 0.29) is 24.8 Å². The van der Waals surface area contributed by atoms with Crippen molar-refractivity contribution in [2.75, 3.05) is 13.7 Å². The van der Waals surface area contributed by atoms with Gasteiger partial charge in [-0.2, -0.15) is 0 Å². The molecule has 0 heterocycles. The zero-order valence-electron chi connectivity index (χ0n) is 27.5. The quantitative estimate of drug-likeness (QED) is 0.0567. The highest BCUT2D eigenvalue weighted by molar-refractivity contribution is 5.82. The number of allylic oxidation sites excluding steroid dienone is 2. The van der Waals surface area contributed by atoms with Crippen LogP contribution < -0.4 is 5.32 Å². The number of carbonyl (C=O) groups excluding carboxylic acids is 3. The molecule has 0 spiro atoms. The molecule has 0 aliphatic carbocycles. The van der Waals surface area contributed by atoms with Gasteiger partial charge in [-0.3, -0.25) is 14.4 Å². The standard InChI is InChI=1S/C35H65NO5/c1-30(2)24-20-16-12-8-6-10-14-18-22-26-32(28-33(37)36-29-35(39)40-5)41-34(38)27-23-19-15-11-7-9-13-17-21-25-31(3)4/h15,19,30-32H,6-14,16-18,20-29H2,1-5H3,(H,36,37). The van der Waals surface area contributed by atoms with Gasteiger partial charge in [-0.05, 0) is 43.9 Å². The van der Waals surface area contributed by atoms with E-state index in [4.69, 9.17) is 4.74 Å². The number of amides is 1. The first-order valence-corrected chi connectivity index (χ1v) is 16.9. The van der Waals surface area contributed by atoms with Gasteiger partial charge in [0, 0.05) is 6.42 Å². The third-order valence-electron chi connectivity index (χ3n) is 7.51. The summed E-state index contributed by atoms with van der Waals surface area (Å²) in [5.74, 6) is 0.558. The van der Waals surface area contributed by atoms with Gasteiger partial charge < -0.3 is 14.8 Å². The van der Waals surface area contributed by atoms with Crippen molar-refractivity contribution in [3.8, 4) is 0 Å². The lowest BCUT2D eigenvalue weighted by Crippen LogP contribution is -2.33. The molecule has 1 N–H and O–H groups in total. The van der Waals surface area contributed by atoms with E-state index in [1.165, 1.54) is 97.0 Å². The zero-order valence-corrected chi connectivity index (χ0v) is 27.5. The third kappa shape index (κ3) is 29.4. The monoisotopic (exact) mass is 579 g/mol. The summed E-state index contributed by atoms with van der Waals surface area (Å²) >= 11 is 0. The molecule has 41 heavy (non-hydrogen) atoms. The Morgan fingerprint density at radius 3 is 1.59 bits per heavy atom. The van der Waals surface area contributed by atoms with E-state index in [2.05, 4.69) is 49.9 Å². The summed E-state index contributed by atoms with van der Waals surface area (Å²) in [5, 5.41) is 2.56. The number of carbonyl (C=O) groups is 3. The number of hydrogen-bond donors (Lipinski definition) is 1. The van der Waals surface area contributed by atoms with Crippen molar-refractivity contribution in [2.45, 2.75) is 169 Å². The predicted molar refractivity (Wildman–Crippen MR) is 171 cm³/mol. The highest BCUT2D eigenvalue weighted by Gasteiger charge is 2.18. The van der Waals surface area contributed by atoms with Crippen LogP contribution in [0.3, 0.4) is 0 Å². The summed E-state index contributed by atoms with van der Waals surface area (Å²) in [5.41, 5.74) is 0. The summed E-state index contributed by atoms with van der Waals surface area (Å²) in [6.45, 7) is 8.97. The first kappa shape index (κ1) is 39.1. The first-order valence-electron chi connectivity index (χ1n) is 16.9. The normalized spacial score (nSPS) is 12.3. The molecule has 0 radical (unpaired) electrons. The maximum Gasteiger partial charge on any atom is 0.325 e. The van der Waals surface area contributed by atoms with Crippen LogP contribution in [-0.4, -0.2) is 37.6 Å². The topological polar surface area (TPSA) is 81.7 Å². The van der Waals surface area contributed by atoms with Crippen LogP contribution >= 0.6 is 0 Å².